The van der Waals surface area contributed by atoms with Crippen molar-refractivity contribution in [3.8, 4) is 0 Å². The lowest BCUT2D eigenvalue weighted by atomic mass is 9.57. The molecule has 1 unspecified atom stereocenters. The fourth-order valence-corrected chi connectivity index (χ4v) is 2.64. The van der Waals surface area contributed by atoms with E-state index in [4.69, 9.17) is 0 Å². The first-order valence-electron chi connectivity index (χ1n) is 6.38. The predicted octanol–water partition coefficient (Wildman–Crippen LogP) is 4.11. The van der Waals surface area contributed by atoms with Crippen LogP contribution >= 0.6 is 0 Å². The Balaban J connectivity index is 3.02. The smallest absolute Gasteiger partial charge is 0.0777 e. The Morgan fingerprint density at radius 2 is 2.18 bits per heavy atom. The zero-order valence-electron chi connectivity index (χ0n) is 11.7. The molecule has 0 spiro atoms. The molecule has 0 aromatic carbocycles. The lowest BCUT2D eigenvalue weighted by Crippen LogP contribution is -2.44. The highest BCUT2D eigenvalue weighted by molar-refractivity contribution is 5.17. The van der Waals surface area contributed by atoms with E-state index in [0.717, 1.165) is 12.8 Å². The summed E-state index contributed by atoms with van der Waals surface area (Å²) in [7, 11) is 0. The largest absolute Gasteiger partial charge is 0.388 e. The molecule has 0 fully saturated rings. The van der Waals surface area contributed by atoms with E-state index in [1.807, 2.05) is 0 Å². The predicted molar refractivity (Wildman–Crippen MR) is 74.8 cm³/mol. The molecular formula is C16H26O. The van der Waals surface area contributed by atoms with Crippen LogP contribution in [-0.4, -0.2) is 11.2 Å². The van der Waals surface area contributed by atoms with Gasteiger partial charge in [0.15, 0.2) is 0 Å². The maximum atomic E-state index is 10.2. The Hall–Kier alpha value is -0.820. The van der Waals surface area contributed by atoms with Gasteiger partial charge in [0.1, 0.15) is 0 Å². The van der Waals surface area contributed by atoms with Crippen LogP contribution in [0.4, 0.5) is 0 Å². The SMILES string of the molecule is C=CC(O)C(C)(C)[C@]1(C)C=CC[C@H](C(=C)C)C1. The van der Waals surface area contributed by atoms with Gasteiger partial charge in [-0.05, 0) is 31.1 Å². The van der Waals surface area contributed by atoms with Crippen molar-refractivity contribution in [1.82, 2.24) is 0 Å². The number of aliphatic hydroxyl groups is 1. The summed E-state index contributed by atoms with van der Waals surface area (Å²) in [6.07, 6.45) is 7.78. The van der Waals surface area contributed by atoms with Crippen LogP contribution in [0, 0.1) is 16.7 Å². The van der Waals surface area contributed by atoms with Gasteiger partial charge >= 0.3 is 0 Å². The summed E-state index contributed by atoms with van der Waals surface area (Å²) in [4.78, 5) is 0. The third kappa shape index (κ3) is 2.55. The van der Waals surface area contributed by atoms with E-state index in [2.05, 4.69) is 53.0 Å². The van der Waals surface area contributed by atoms with Gasteiger partial charge in [0.05, 0.1) is 6.10 Å². The molecule has 0 bridgehead atoms. The number of aliphatic hydroxyl groups excluding tert-OH is 1. The van der Waals surface area contributed by atoms with E-state index < -0.39 is 6.10 Å². The van der Waals surface area contributed by atoms with Gasteiger partial charge in [0, 0.05) is 5.41 Å². The summed E-state index contributed by atoms with van der Waals surface area (Å²) in [5.74, 6) is 0.529. The highest BCUT2D eigenvalue weighted by Crippen LogP contribution is 2.50. The van der Waals surface area contributed by atoms with Gasteiger partial charge in [-0.1, -0.05) is 51.2 Å². The highest BCUT2D eigenvalue weighted by atomic mass is 16.3. The van der Waals surface area contributed by atoms with Crippen molar-refractivity contribution in [2.75, 3.05) is 0 Å². The highest BCUT2D eigenvalue weighted by Gasteiger charge is 2.45. The summed E-state index contributed by atoms with van der Waals surface area (Å²) in [6.45, 7) is 16.3. The molecule has 0 radical (unpaired) electrons. The number of allylic oxidation sites excluding steroid dienone is 3. The molecule has 1 aliphatic carbocycles. The van der Waals surface area contributed by atoms with E-state index in [9.17, 15) is 5.11 Å². The third-order valence-electron chi connectivity index (χ3n) is 4.71. The van der Waals surface area contributed by atoms with E-state index in [0.29, 0.717) is 5.92 Å². The molecule has 0 amide bonds. The fraction of sp³-hybridized carbons (Fsp3) is 0.625. The second kappa shape index (κ2) is 4.81. The first-order valence-corrected chi connectivity index (χ1v) is 6.38. The maximum Gasteiger partial charge on any atom is 0.0777 e. The van der Waals surface area contributed by atoms with Crippen molar-refractivity contribution in [1.29, 1.82) is 0 Å². The average Bonchev–Trinajstić information content (AvgIpc) is 2.27. The Bertz CT molecular complexity index is 337. The molecule has 1 nitrogen and oxygen atoms in total. The standard InChI is InChI=1S/C16H26O/c1-7-14(17)15(4,5)16(6)10-8-9-13(11-16)12(2)3/h7-8,10,13-14,17H,1-2,9,11H2,3-6H3/t13-,14?,16+/m0/s1. The second-order valence-electron chi connectivity index (χ2n) is 6.21. The molecule has 0 aromatic rings. The van der Waals surface area contributed by atoms with Crippen LogP contribution in [0.2, 0.25) is 0 Å². The first kappa shape index (κ1) is 14.2. The summed E-state index contributed by atoms with van der Waals surface area (Å²) in [5.41, 5.74) is 1.02. The van der Waals surface area contributed by atoms with Gasteiger partial charge in [0.2, 0.25) is 0 Å². The summed E-state index contributed by atoms with van der Waals surface area (Å²) < 4.78 is 0. The zero-order chi connectivity index (χ0) is 13.3. The second-order valence-corrected chi connectivity index (χ2v) is 6.21. The van der Waals surface area contributed by atoms with Crippen molar-refractivity contribution in [2.24, 2.45) is 16.7 Å². The van der Waals surface area contributed by atoms with E-state index in [-0.39, 0.29) is 10.8 Å². The number of hydrogen-bond acceptors (Lipinski definition) is 1. The monoisotopic (exact) mass is 234 g/mol. The minimum atomic E-state index is -0.485. The minimum absolute atomic E-state index is 0.0114. The fourth-order valence-electron chi connectivity index (χ4n) is 2.64. The molecular weight excluding hydrogens is 208 g/mol. The molecule has 0 saturated carbocycles. The van der Waals surface area contributed by atoms with Gasteiger partial charge in [-0.15, -0.1) is 6.58 Å². The van der Waals surface area contributed by atoms with Gasteiger partial charge in [-0.25, -0.2) is 0 Å². The molecule has 0 aromatic heterocycles. The topological polar surface area (TPSA) is 20.2 Å². The van der Waals surface area contributed by atoms with Crippen molar-refractivity contribution in [3.05, 3.63) is 37.0 Å². The average molecular weight is 234 g/mol. The molecule has 1 aliphatic rings. The van der Waals surface area contributed by atoms with Crippen molar-refractivity contribution in [2.45, 2.75) is 46.6 Å². The molecule has 96 valence electrons. The third-order valence-corrected chi connectivity index (χ3v) is 4.71. The molecule has 0 heterocycles. The maximum absolute atomic E-state index is 10.2. The lowest BCUT2D eigenvalue weighted by Gasteiger charge is -2.48. The molecule has 1 N–H and O–H groups in total. The molecule has 17 heavy (non-hydrogen) atoms. The summed E-state index contributed by atoms with van der Waals surface area (Å²) in [5, 5.41) is 10.2. The molecule has 1 heteroatoms. The van der Waals surface area contributed by atoms with Crippen molar-refractivity contribution < 1.29 is 5.11 Å². The Kier molecular flexibility index (Phi) is 4.03. The van der Waals surface area contributed by atoms with E-state index in [1.54, 1.807) is 6.08 Å². The van der Waals surface area contributed by atoms with Crippen LogP contribution in [0.15, 0.2) is 37.0 Å². The number of hydrogen-bond donors (Lipinski definition) is 1. The number of rotatable bonds is 4. The first-order chi connectivity index (χ1) is 7.74. The lowest BCUT2D eigenvalue weighted by molar-refractivity contribution is -0.00497. The molecule has 3 atom stereocenters. The van der Waals surface area contributed by atoms with Gasteiger partial charge < -0.3 is 5.11 Å². The summed E-state index contributed by atoms with van der Waals surface area (Å²) >= 11 is 0. The Morgan fingerprint density at radius 1 is 1.59 bits per heavy atom. The van der Waals surface area contributed by atoms with E-state index in [1.165, 1.54) is 5.57 Å². The normalized spacial score (nSPS) is 31.0. The van der Waals surface area contributed by atoms with Gasteiger partial charge in [-0.3, -0.25) is 0 Å². The van der Waals surface area contributed by atoms with Gasteiger partial charge in [0.25, 0.3) is 0 Å². The van der Waals surface area contributed by atoms with Crippen LogP contribution in [-0.2, 0) is 0 Å². The van der Waals surface area contributed by atoms with Crippen LogP contribution in [0.5, 0.6) is 0 Å². The quantitative estimate of drug-likeness (QED) is 0.726. The summed E-state index contributed by atoms with van der Waals surface area (Å²) in [6, 6.07) is 0. The van der Waals surface area contributed by atoms with Crippen LogP contribution in [0.3, 0.4) is 0 Å². The van der Waals surface area contributed by atoms with E-state index >= 15 is 0 Å². The van der Waals surface area contributed by atoms with Crippen LogP contribution in [0.25, 0.3) is 0 Å². The molecule has 0 aliphatic heterocycles. The van der Waals surface area contributed by atoms with Gasteiger partial charge in [-0.2, -0.15) is 0 Å². The molecule has 1 rings (SSSR count). The van der Waals surface area contributed by atoms with Crippen LogP contribution in [0.1, 0.15) is 40.5 Å². The van der Waals surface area contributed by atoms with Crippen molar-refractivity contribution >= 4 is 0 Å². The minimum Gasteiger partial charge on any atom is -0.388 e. The molecule has 0 saturated heterocycles. The zero-order valence-corrected chi connectivity index (χ0v) is 11.7. The van der Waals surface area contributed by atoms with Crippen molar-refractivity contribution in [3.63, 3.8) is 0 Å². The Morgan fingerprint density at radius 3 is 2.65 bits per heavy atom. The Labute approximate surface area is 106 Å². The van der Waals surface area contributed by atoms with Crippen LogP contribution < -0.4 is 0 Å².